The molecular formula is C16H18N4O. The van der Waals surface area contributed by atoms with Crippen LogP contribution in [0.1, 0.15) is 35.9 Å². The molecule has 0 aliphatic rings. The lowest BCUT2D eigenvalue weighted by Crippen LogP contribution is -2.28. The Kier molecular flexibility index (Phi) is 3.99. The minimum atomic E-state index is -0.134. The number of aromatic nitrogens is 1. The van der Waals surface area contributed by atoms with E-state index in [9.17, 15) is 4.79 Å². The molecule has 0 aliphatic carbocycles. The van der Waals surface area contributed by atoms with E-state index in [1.807, 2.05) is 18.4 Å². The first-order chi connectivity index (χ1) is 9.93. The number of rotatable bonds is 3. The van der Waals surface area contributed by atoms with Crippen LogP contribution in [0.2, 0.25) is 0 Å². The summed E-state index contributed by atoms with van der Waals surface area (Å²) in [7, 11) is 1.71. The van der Waals surface area contributed by atoms with Gasteiger partial charge in [0.15, 0.2) is 0 Å². The topological polar surface area (TPSA) is 75.0 Å². The van der Waals surface area contributed by atoms with Crippen LogP contribution >= 0.6 is 0 Å². The average molecular weight is 282 g/mol. The van der Waals surface area contributed by atoms with E-state index < -0.39 is 0 Å². The fourth-order valence-corrected chi connectivity index (χ4v) is 2.15. The van der Waals surface area contributed by atoms with Crippen LogP contribution in [0.5, 0.6) is 0 Å². The van der Waals surface area contributed by atoms with Gasteiger partial charge in [-0.3, -0.25) is 4.79 Å². The summed E-state index contributed by atoms with van der Waals surface area (Å²) >= 11 is 0. The van der Waals surface area contributed by atoms with E-state index in [-0.39, 0.29) is 11.9 Å². The molecule has 1 aromatic carbocycles. The van der Waals surface area contributed by atoms with Crippen molar-refractivity contribution in [2.45, 2.75) is 19.9 Å². The first-order valence-corrected chi connectivity index (χ1v) is 6.69. The summed E-state index contributed by atoms with van der Waals surface area (Å²) in [6, 6.07) is 10.8. The number of nitriles is 1. The van der Waals surface area contributed by atoms with Crippen LogP contribution in [0.3, 0.4) is 0 Å². The fraction of sp³-hybridized carbons (Fsp3) is 0.250. The summed E-state index contributed by atoms with van der Waals surface area (Å²) in [5.74, 6) is -0.134. The van der Waals surface area contributed by atoms with E-state index in [0.29, 0.717) is 16.9 Å². The summed E-state index contributed by atoms with van der Waals surface area (Å²) in [4.78, 5) is 14.2. The molecule has 2 aromatic rings. The van der Waals surface area contributed by atoms with Crippen LogP contribution in [-0.2, 0) is 0 Å². The highest BCUT2D eigenvalue weighted by Crippen LogP contribution is 2.21. The number of carbonyl (C=O) groups excluding carboxylic acids is 1. The Hall–Kier alpha value is -2.74. The zero-order valence-electron chi connectivity index (χ0n) is 12.4. The van der Waals surface area contributed by atoms with Crippen LogP contribution in [0.25, 0.3) is 0 Å². The summed E-state index contributed by atoms with van der Waals surface area (Å²) in [5, 5.41) is 8.81. The maximum Gasteiger partial charge on any atom is 0.274 e. The molecular weight excluding hydrogens is 264 g/mol. The van der Waals surface area contributed by atoms with E-state index >= 15 is 0 Å². The highest BCUT2D eigenvalue weighted by molar-refractivity contribution is 6.05. The van der Waals surface area contributed by atoms with Crippen molar-refractivity contribution in [1.82, 2.24) is 4.57 Å². The third kappa shape index (κ3) is 2.90. The average Bonchev–Trinajstić information content (AvgIpc) is 2.88. The van der Waals surface area contributed by atoms with Crippen molar-refractivity contribution in [2.24, 2.45) is 0 Å². The standard InChI is InChI=1S/C16H18N4O/c1-11(2)20-10-13(18)8-15(20)16(21)19(3)14-6-4-12(9-17)5-7-14/h4-8,10-11H,18H2,1-3H3. The number of nitrogens with two attached hydrogens (primary N) is 1. The third-order valence-corrected chi connectivity index (χ3v) is 3.33. The van der Waals surface area contributed by atoms with Gasteiger partial charge in [0.1, 0.15) is 5.69 Å². The molecule has 5 nitrogen and oxygen atoms in total. The molecule has 0 aliphatic heterocycles. The van der Waals surface area contributed by atoms with Gasteiger partial charge in [-0.2, -0.15) is 5.26 Å². The summed E-state index contributed by atoms with van der Waals surface area (Å²) in [5.41, 5.74) is 8.22. The molecule has 2 N–H and O–H groups in total. The molecule has 1 amide bonds. The highest BCUT2D eigenvalue weighted by atomic mass is 16.2. The van der Waals surface area contributed by atoms with Crippen LogP contribution < -0.4 is 10.6 Å². The summed E-state index contributed by atoms with van der Waals surface area (Å²) in [6.45, 7) is 4.00. The van der Waals surface area contributed by atoms with E-state index in [0.717, 1.165) is 5.69 Å². The van der Waals surface area contributed by atoms with Gasteiger partial charge in [-0.15, -0.1) is 0 Å². The number of nitrogen functional groups attached to an aromatic ring is 1. The van der Waals surface area contributed by atoms with E-state index in [1.54, 1.807) is 48.5 Å². The number of hydrogen-bond acceptors (Lipinski definition) is 3. The number of amides is 1. The molecule has 1 heterocycles. The van der Waals surface area contributed by atoms with Crippen LogP contribution in [0.15, 0.2) is 36.5 Å². The highest BCUT2D eigenvalue weighted by Gasteiger charge is 2.19. The van der Waals surface area contributed by atoms with Crippen molar-refractivity contribution in [3.8, 4) is 6.07 Å². The zero-order valence-corrected chi connectivity index (χ0v) is 12.4. The zero-order chi connectivity index (χ0) is 15.6. The number of carbonyl (C=O) groups is 1. The minimum Gasteiger partial charge on any atom is -0.397 e. The van der Waals surface area contributed by atoms with Crippen LogP contribution in [-0.4, -0.2) is 17.5 Å². The number of hydrogen-bond donors (Lipinski definition) is 1. The van der Waals surface area contributed by atoms with Crippen molar-refractivity contribution in [3.63, 3.8) is 0 Å². The van der Waals surface area contributed by atoms with Gasteiger partial charge in [-0.25, -0.2) is 0 Å². The van der Waals surface area contributed by atoms with Crippen LogP contribution in [0.4, 0.5) is 11.4 Å². The normalized spacial score (nSPS) is 10.4. The van der Waals surface area contributed by atoms with Gasteiger partial charge in [-0.05, 0) is 44.2 Å². The molecule has 0 spiro atoms. The number of nitrogens with zero attached hydrogens (tertiary/aromatic N) is 3. The first-order valence-electron chi connectivity index (χ1n) is 6.69. The lowest BCUT2D eigenvalue weighted by Gasteiger charge is -2.20. The fourth-order valence-electron chi connectivity index (χ4n) is 2.15. The van der Waals surface area contributed by atoms with Crippen molar-refractivity contribution >= 4 is 17.3 Å². The molecule has 0 fully saturated rings. The Morgan fingerprint density at radius 3 is 2.48 bits per heavy atom. The Labute approximate surface area is 124 Å². The SMILES string of the molecule is CC(C)n1cc(N)cc1C(=O)N(C)c1ccc(C#N)cc1. The van der Waals surface area contributed by atoms with Crippen molar-refractivity contribution in [1.29, 1.82) is 5.26 Å². The molecule has 0 radical (unpaired) electrons. The Morgan fingerprint density at radius 2 is 1.95 bits per heavy atom. The van der Waals surface area contributed by atoms with Gasteiger partial charge in [0, 0.05) is 25.0 Å². The molecule has 0 bridgehead atoms. The molecule has 21 heavy (non-hydrogen) atoms. The quantitative estimate of drug-likeness (QED) is 0.940. The summed E-state index contributed by atoms with van der Waals surface area (Å²) < 4.78 is 1.86. The second-order valence-corrected chi connectivity index (χ2v) is 5.18. The van der Waals surface area contributed by atoms with Crippen molar-refractivity contribution < 1.29 is 4.79 Å². The van der Waals surface area contributed by atoms with Gasteiger partial charge in [-0.1, -0.05) is 0 Å². The first kappa shape index (κ1) is 14.7. The van der Waals surface area contributed by atoms with E-state index in [1.165, 1.54) is 0 Å². The molecule has 2 rings (SSSR count). The maximum absolute atomic E-state index is 12.6. The van der Waals surface area contributed by atoms with Gasteiger partial charge in [0.2, 0.25) is 0 Å². The number of benzene rings is 1. The maximum atomic E-state index is 12.6. The van der Waals surface area contributed by atoms with Gasteiger partial charge < -0.3 is 15.2 Å². The molecule has 108 valence electrons. The largest absolute Gasteiger partial charge is 0.397 e. The van der Waals surface area contributed by atoms with Crippen molar-refractivity contribution in [3.05, 3.63) is 47.8 Å². The predicted molar refractivity (Wildman–Crippen MR) is 83.1 cm³/mol. The lowest BCUT2D eigenvalue weighted by atomic mass is 10.2. The van der Waals surface area contributed by atoms with Gasteiger partial charge in [0.05, 0.1) is 17.3 Å². The Morgan fingerprint density at radius 1 is 1.33 bits per heavy atom. The Balaban J connectivity index is 2.32. The monoisotopic (exact) mass is 282 g/mol. The lowest BCUT2D eigenvalue weighted by molar-refractivity contribution is 0.0982. The second-order valence-electron chi connectivity index (χ2n) is 5.18. The van der Waals surface area contributed by atoms with E-state index in [4.69, 9.17) is 11.0 Å². The van der Waals surface area contributed by atoms with Crippen LogP contribution in [0, 0.1) is 11.3 Å². The number of anilines is 2. The smallest absolute Gasteiger partial charge is 0.274 e. The molecule has 5 heteroatoms. The van der Waals surface area contributed by atoms with Gasteiger partial charge in [0.25, 0.3) is 5.91 Å². The van der Waals surface area contributed by atoms with Crippen molar-refractivity contribution in [2.75, 3.05) is 17.7 Å². The van der Waals surface area contributed by atoms with Gasteiger partial charge >= 0.3 is 0 Å². The minimum absolute atomic E-state index is 0.134. The second kappa shape index (κ2) is 5.71. The Bertz CT molecular complexity index is 692. The third-order valence-electron chi connectivity index (χ3n) is 3.33. The molecule has 1 aromatic heterocycles. The molecule has 0 atom stereocenters. The molecule has 0 saturated heterocycles. The predicted octanol–water partition coefficient (Wildman–Crippen LogP) is 2.80. The summed E-state index contributed by atoms with van der Waals surface area (Å²) in [6.07, 6.45) is 1.77. The molecule has 0 saturated carbocycles. The molecule has 0 unspecified atom stereocenters. The van der Waals surface area contributed by atoms with E-state index in [2.05, 4.69) is 6.07 Å².